The summed E-state index contributed by atoms with van der Waals surface area (Å²) in [5, 5.41) is 5.04. The fraction of sp³-hybridized carbons (Fsp3) is 0.421. The number of nitrogens with one attached hydrogen (secondary N) is 1. The van der Waals surface area contributed by atoms with Gasteiger partial charge in [-0.2, -0.15) is 0 Å². The highest BCUT2D eigenvalue weighted by atomic mass is 32.1. The standard InChI is InChI=1S/C19H26N2OS/c1-14(17-7-6-12-23-17)21(5)13-18(22)20-16-10-8-15(9-11-16)19(2,3)4/h6-12,14H,13H2,1-5H3,(H,20,22). The van der Waals surface area contributed by atoms with Gasteiger partial charge < -0.3 is 5.32 Å². The lowest BCUT2D eigenvalue weighted by Gasteiger charge is -2.23. The van der Waals surface area contributed by atoms with Crippen LogP contribution >= 0.6 is 11.3 Å². The maximum atomic E-state index is 12.2. The molecule has 23 heavy (non-hydrogen) atoms. The minimum Gasteiger partial charge on any atom is -0.325 e. The van der Waals surface area contributed by atoms with E-state index in [-0.39, 0.29) is 17.4 Å². The summed E-state index contributed by atoms with van der Waals surface area (Å²) in [4.78, 5) is 15.6. The van der Waals surface area contributed by atoms with E-state index in [0.29, 0.717) is 6.54 Å². The third-order valence-corrected chi connectivity index (χ3v) is 5.09. The van der Waals surface area contributed by atoms with Crippen molar-refractivity contribution in [2.45, 2.75) is 39.2 Å². The second-order valence-electron chi connectivity index (χ2n) is 6.98. The van der Waals surface area contributed by atoms with Crippen LogP contribution in [0.5, 0.6) is 0 Å². The van der Waals surface area contributed by atoms with Gasteiger partial charge in [-0.3, -0.25) is 9.69 Å². The topological polar surface area (TPSA) is 32.3 Å². The number of carbonyl (C=O) groups excluding carboxylic acids is 1. The van der Waals surface area contributed by atoms with Crippen molar-refractivity contribution in [3.05, 3.63) is 52.2 Å². The van der Waals surface area contributed by atoms with Gasteiger partial charge in [-0.1, -0.05) is 39.0 Å². The molecule has 4 heteroatoms. The molecular weight excluding hydrogens is 304 g/mol. The molecule has 1 aromatic heterocycles. The van der Waals surface area contributed by atoms with E-state index in [9.17, 15) is 4.79 Å². The van der Waals surface area contributed by atoms with Gasteiger partial charge in [0.25, 0.3) is 0 Å². The summed E-state index contributed by atoms with van der Waals surface area (Å²) in [5.41, 5.74) is 2.23. The number of rotatable bonds is 5. The molecule has 0 aliphatic heterocycles. The molecule has 0 aliphatic carbocycles. The fourth-order valence-electron chi connectivity index (χ4n) is 2.36. The molecule has 1 amide bonds. The van der Waals surface area contributed by atoms with E-state index in [1.54, 1.807) is 11.3 Å². The van der Waals surface area contributed by atoms with Gasteiger partial charge in [0.15, 0.2) is 0 Å². The number of anilines is 1. The largest absolute Gasteiger partial charge is 0.325 e. The van der Waals surface area contributed by atoms with Crippen molar-refractivity contribution in [2.75, 3.05) is 18.9 Å². The Balaban J connectivity index is 1.92. The second-order valence-corrected chi connectivity index (χ2v) is 7.96. The van der Waals surface area contributed by atoms with E-state index in [1.807, 2.05) is 25.2 Å². The van der Waals surface area contributed by atoms with Crippen molar-refractivity contribution in [1.29, 1.82) is 0 Å². The summed E-state index contributed by atoms with van der Waals surface area (Å²) in [5.74, 6) is 0.0133. The first-order valence-corrected chi connectivity index (χ1v) is 8.79. The summed E-state index contributed by atoms with van der Waals surface area (Å²) in [7, 11) is 1.98. The number of hydrogen-bond donors (Lipinski definition) is 1. The molecule has 0 saturated carbocycles. The van der Waals surface area contributed by atoms with Gasteiger partial charge in [-0.05, 0) is 48.5 Å². The molecule has 0 fully saturated rings. The SMILES string of the molecule is CC(c1cccs1)N(C)CC(=O)Nc1ccc(C(C)(C)C)cc1. The molecule has 3 nitrogen and oxygen atoms in total. The monoisotopic (exact) mass is 330 g/mol. The first kappa shape index (κ1) is 17.7. The van der Waals surface area contributed by atoms with Gasteiger partial charge in [0.1, 0.15) is 0 Å². The van der Waals surface area contributed by atoms with Crippen molar-refractivity contribution in [3.8, 4) is 0 Å². The molecule has 1 N–H and O–H groups in total. The third-order valence-electron chi connectivity index (χ3n) is 4.04. The number of carbonyl (C=O) groups is 1. The maximum absolute atomic E-state index is 12.2. The minimum absolute atomic E-state index is 0.0133. The van der Waals surface area contributed by atoms with Crippen LogP contribution in [0, 0.1) is 0 Å². The van der Waals surface area contributed by atoms with Crippen LogP contribution in [0.25, 0.3) is 0 Å². The summed E-state index contributed by atoms with van der Waals surface area (Å²) in [6.07, 6.45) is 0. The summed E-state index contributed by atoms with van der Waals surface area (Å²) < 4.78 is 0. The van der Waals surface area contributed by atoms with Crippen molar-refractivity contribution in [2.24, 2.45) is 0 Å². The molecule has 124 valence electrons. The Kier molecular flexibility index (Phi) is 5.60. The Morgan fingerprint density at radius 3 is 2.39 bits per heavy atom. The number of amides is 1. The zero-order chi connectivity index (χ0) is 17.0. The van der Waals surface area contributed by atoms with Crippen molar-refractivity contribution in [1.82, 2.24) is 4.90 Å². The number of nitrogens with zero attached hydrogens (tertiary/aromatic N) is 1. The number of benzene rings is 1. The zero-order valence-electron chi connectivity index (χ0n) is 14.6. The predicted octanol–water partition coefficient (Wildman–Crippen LogP) is 4.68. The smallest absolute Gasteiger partial charge is 0.238 e. The molecule has 2 rings (SSSR count). The molecule has 0 saturated heterocycles. The quantitative estimate of drug-likeness (QED) is 0.863. The first-order valence-electron chi connectivity index (χ1n) is 7.91. The predicted molar refractivity (Wildman–Crippen MR) is 99.1 cm³/mol. The molecule has 0 bridgehead atoms. The Morgan fingerprint density at radius 2 is 1.87 bits per heavy atom. The van der Waals surface area contributed by atoms with Gasteiger partial charge in [0.05, 0.1) is 6.54 Å². The highest BCUT2D eigenvalue weighted by Crippen LogP contribution is 2.24. The van der Waals surface area contributed by atoms with Gasteiger partial charge >= 0.3 is 0 Å². The zero-order valence-corrected chi connectivity index (χ0v) is 15.4. The third kappa shape index (κ3) is 4.91. The molecule has 2 aromatic rings. The molecule has 0 aliphatic rings. The van der Waals surface area contributed by atoms with Crippen LogP contribution in [0.15, 0.2) is 41.8 Å². The average Bonchev–Trinajstić information content (AvgIpc) is 3.00. The van der Waals surface area contributed by atoms with Crippen LogP contribution in [-0.2, 0) is 10.2 Å². The van der Waals surface area contributed by atoms with Crippen LogP contribution in [0.1, 0.15) is 44.2 Å². The molecule has 1 heterocycles. The normalized spacial score (nSPS) is 13.1. The summed E-state index contributed by atoms with van der Waals surface area (Å²) in [6.45, 7) is 9.04. The van der Waals surface area contributed by atoms with E-state index in [2.05, 4.69) is 61.5 Å². The number of likely N-dealkylation sites (N-methyl/N-ethyl adjacent to an activating group) is 1. The minimum atomic E-state index is 0.0133. The van der Waals surface area contributed by atoms with Gasteiger partial charge in [0.2, 0.25) is 5.91 Å². The van der Waals surface area contributed by atoms with Crippen LogP contribution in [0.4, 0.5) is 5.69 Å². The Morgan fingerprint density at radius 1 is 1.22 bits per heavy atom. The van der Waals surface area contributed by atoms with Crippen molar-refractivity contribution >= 4 is 22.9 Å². The number of hydrogen-bond acceptors (Lipinski definition) is 3. The van der Waals surface area contributed by atoms with Crippen molar-refractivity contribution in [3.63, 3.8) is 0 Å². The van der Waals surface area contributed by atoms with Crippen molar-refractivity contribution < 1.29 is 4.79 Å². The maximum Gasteiger partial charge on any atom is 0.238 e. The molecule has 0 radical (unpaired) electrons. The molecular formula is C19H26N2OS. The molecule has 0 spiro atoms. The highest BCUT2D eigenvalue weighted by molar-refractivity contribution is 7.10. The molecule has 1 atom stereocenters. The lowest BCUT2D eigenvalue weighted by Crippen LogP contribution is -2.31. The van der Waals surface area contributed by atoms with Crippen LogP contribution in [0.2, 0.25) is 0 Å². The molecule has 1 unspecified atom stereocenters. The van der Waals surface area contributed by atoms with Gasteiger partial charge in [-0.25, -0.2) is 0 Å². The summed E-state index contributed by atoms with van der Waals surface area (Å²) in [6, 6.07) is 12.5. The highest BCUT2D eigenvalue weighted by Gasteiger charge is 2.16. The van der Waals surface area contributed by atoms with Gasteiger partial charge in [-0.15, -0.1) is 11.3 Å². The average molecular weight is 330 g/mol. The van der Waals surface area contributed by atoms with Gasteiger partial charge in [0, 0.05) is 16.6 Å². The van der Waals surface area contributed by atoms with E-state index < -0.39 is 0 Å². The summed E-state index contributed by atoms with van der Waals surface area (Å²) >= 11 is 1.72. The lowest BCUT2D eigenvalue weighted by atomic mass is 9.87. The second kappa shape index (κ2) is 7.28. The van der Waals surface area contributed by atoms with Crippen LogP contribution in [-0.4, -0.2) is 24.4 Å². The van der Waals surface area contributed by atoms with E-state index in [4.69, 9.17) is 0 Å². The fourth-order valence-corrected chi connectivity index (χ4v) is 3.21. The molecule has 1 aromatic carbocycles. The Hall–Kier alpha value is -1.65. The Labute approximate surface area is 143 Å². The number of thiophene rings is 1. The lowest BCUT2D eigenvalue weighted by molar-refractivity contribution is -0.117. The van der Waals surface area contributed by atoms with E-state index in [1.165, 1.54) is 10.4 Å². The Bertz CT molecular complexity index is 626. The van der Waals surface area contributed by atoms with E-state index in [0.717, 1.165) is 5.69 Å². The van der Waals surface area contributed by atoms with Crippen LogP contribution < -0.4 is 5.32 Å². The van der Waals surface area contributed by atoms with Crippen LogP contribution in [0.3, 0.4) is 0 Å². The first-order chi connectivity index (χ1) is 10.8. The van der Waals surface area contributed by atoms with E-state index >= 15 is 0 Å².